The maximum atomic E-state index is 12.5. The molecule has 0 saturated carbocycles. The molecule has 1 aliphatic heterocycles. The van der Waals surface area contributed by atoms with Gasteiger partial charge in [-0.1, -0.05) is 6.42 Å². The Labute approximate surface area is 137 Å². The van der Waals surface area contributed by atoms with Crippen molar-refractivity contribution < 1.29 is 14.3 Å². The summed E-state index contributed by atoms with van der Waals surface area (Å²) in [6.07, 6.45) is 6.04. The normalized spacial score (nSPS) is 17.8. The van der Waals surface area contributed by atoms with Gasteiger partial charge in [-0.2, -0.15) is 11.3 Å². The predicted octanol–water partition coefficient (Wildman–Crippen LogP) is 3.46. The van der Waals surface area contributed by atoms with Crippen LogP contribution in [0.15, 0.2) is 16.8 Å². The number of rotatable bonds is 10. The summed E-state index contributed by atoms with van der Waals surface area (Å²) in [5.41, 5.74) is 1.22. The Kier molecular flexibility index (Phi) is 7.91. The first-order valence-electron chi connectivity index (χ1n) is 8.19. The van der Waals surface area contributed by atoms with Crippen LogP contribution in [0.2, 0.25) is 0 Å². The number of amides is 1. The van der Waals surface area contributed by atoms with Gasteiger partial charge in [-0.3, -0.25) is 4.79 Å². The molecule has 0 aromatic carbocycles. The fraction of sp³-hybridized carbons (Fsp3) is 0.706. The maximum Gasteiger partial charge on any atom is 0.222 e. The summed E-state index contributed by atoms with van der Waals surface area (Å²) in [4.78, 5) is 14.5. The zero-order valence-corrected chi connectivity index (χ0v) is 14.3. The quantitative estimate of drug-likeness (QED) is 0.618. The van der Waals surface area contributed by atoms with Crippen LogP contribution in [0.4, 0.5) is 0 Å². The minimum Gasteiger partial charge on any atom is -0.385 e. The number of ether oxygens (including phenoxy) is 2. The van der Waals surface area contributed by atoms with Crippen LogP contribution < -0.4 is 0 Å². The fourth-order valence-corrected chi connectivity index (χ4v) is 3.41. The molecule has 0 aliphatic carbocycles. The molecule has 1 atom stereocenters. The van der Waals surface area contributed by atoms with Crippen LogP contribution >= 0.6 is 11.3 Å². The third-order valence-corrected chi connectivity index (χ3v) is 4.73. The molecule has 0 N–H and O–H groups in total. The second-order valence-corrected chi connectivity index (χ2v) is 6.62. The summed E-state index contributed by atoms with van der Waals surface area (Å²) >= 11 is 1.68. The molecule has 2 rings (SSSR count). The van der Waals surface area contributed by atoms with Crippen molar-refractivity contribution in [2.24, 2.45) is 0 Å². The summed E-state index contributed by atoms with van der Waals surface area (Å²) < 4.78 is 10.7. The van der Waals surface area contributed by atoms with Crippen LogP contribution in [0.25, 0.3) is 0 Å². The van der Waals surface area contributed by atoms with E-state index in [0.29, 0.717) is 13.0 Å². The molecule has 1 amide bonds. The Morgan fingerprint density at radius 1 is 1.45 bits per heavy atom. The third-order valence-electron chi connectivity index (χ3n) is 3.99. The van der Waals surface area contributed by atoms with E-state index < -0.39 is 0 Å². The molecule has 2 heterocycles. The van der Waals surface area contributed by atoms with E-state index in [2.05, 4.69) is 16.8 Å². The molecular formula is C17H27NO3S. The molecule has 124 valence electrons. The Morgan fingerprint density at radius 3 is 3.05 bits per heavy atom. The summed E-state index contributed by atoms with van der Waals surface area (Å²) in [5, 5.41) is 4.18. The lowest BCUT2D eigenvalue weighted by Crippen LogP contribution is -2.36. The van der Waals surface area contributed by atoms with E-state index in [1.165, 1.54) is 5.56 Å². The van der Waals surface area contributed by atoms with E-state index in [9.17, 15) is 4.79 Å². The van der Waals surface area contributed by atoms with Crippen LogP contribution in [-0.4, -0.2) is 43.8 Å². The van der Waals surface area contributed by atoms with Crippen LogP contribution in [0.1, 0.15) is 44.1 Å². The SMILES string of the molecule is COCCCCCC(=O)N(Cc1ccsc1)C[C@@H]1CCCO1. The van der Waals surface area contributed by atoms with Gasteiger partial charge < -0.3 is 14.4 Å². The molecule has 0 bridgehead atoms. The van der Waals surface area contributed by atoms with E-state index in [1.54, 1.807) is 18.4 Å². The Morgan fingerprint density at radius 2 is 2.36 bits per heavy atom. The van der Waals surface area contributed by atoms with Crippen molar-refractivity contribution in [1.82, 2.24) is 4.90 Å². The molecule has 1 aliphatic rings. The van der Waals surface area contributed by atoms with Gasteiger partial charge >= 0.3 is 0 Å². The van der Waals surface area contributed by atoms with Gasteiger partial charge in [0.25, 0.3) is 0 Å². The smallest absolute Gasteiger partial charge is 0.222 e. The fourth-order valence-electron chi connectivity index (χ4n) is 2.75. The molecule has 5 heteroatoms. The first kappa shape index (κ1) is 17.4. The Balaban J connectivity index is 1.80. The molecular weight excluding hydrogens is 298 g/mol. The van der Waals surface area contributed by atoms with Crippen molar-refractivity contribution in [3.8, 4) is 0 Å². The lowest BCUT2D eigenvalue weighted by molar-refractivity contribution is -0.133. The van der Waals surface area contributed by atoms with Crippen molar-refractivity contribution in [3.05, 3.63) is 22.4 Å². The molecule has 1 saturated heterocycles. The zero-order chi connectivity index (χ0) is 15.6. The van der Waals surface area contributed by atoms with Crippen LogP contribution in [0.5, 0.6) is 0 Å². The van der Waals surface area contributed by atoms with Crippen molar-refractivity contribution in [3.63, 3.8) is 0 Å². The highest BCUT2D eigenvalue weighted by Gasteiger charge is 2.22. The number of nitrogens with zero attached hydrogens (tertiary/aromatic N) is 1. The van der Waals surface area contributed by atoms with E-state index >= 15 is 0 Å². The summed E-state index contributed by atoms with van der Waals surface area (Å²) in [6.45, 7) is 3.05. The van der Waals surface area contributed by atoms with Crippen molar-refractivity contribution in [1.29, 1.82) is 0 Å². The van der Waals surface area contributed by atoms with Crippen LogP contribution in [-0.2, 0) is 20.8 Å². The van der Waals surface area contributed by atoms with E-state index in [0.717, 1.165) is 51.9 Å². The number of carbonyl (C=O) groups excluding carboxylic acids is 1. The molecule has 4 nitrogen and oxygen atoms in total. The topological polar surface area (TPSA) is 38.8 Å². The average Bonchev–Trinajstić information content (AvgIpc) is 3.20. The van der Waals surface area contributed by atoms with Crippen molar-refractivity contribution in [2.45, 2.75) is 51.2 Å². The molecule has 1 aromatic rings. The van der Waals surface area contributed by atoms with E-state index in [-0.39, 0.29) is 12.0 Å². The summed E-state index contributed by atoms with van der Waals surface area (Å²) in [6, 6.07) is 2.10. The number of hydrogen-bond acceptors (Lipinski definition) is 4. The van der Waals surface area contributed by atoms with Gasteiger partial charge in [-0.25, -0.2) is 0 Å². The highest BCUT2D eigenvalue weighted by molar-refractivity contribution is 7.07. The first-order chi connectivity index (χ1) is 10.8. The number of unbranched alkanes of at least 4 members (excludes halogenated alkanes) is 2. The third kappa shape index (κ3) is 6.07. The second kappa shape index (κ2) is 9.98. The summed E-state index contributed by atoms with van der Waals surface area (Å²) in [7, 11) is 1.72. The first-order valence-corrected chi connectivity index (χ1v) is 9.13. The molecule has 1 aromatic heterocycles. The molecule has 0 radical (unpaired) electrons. The van der Waals surface area contributed by atoms with Gasteiger partial charge in [0.15, 0.2) is 0 Å². The number of carbonyl (C=O) groups is 1. The van der Waals surface area contributed by atoms with Gasteiger partial charge in [0.05, 0.1) is 6.10 Å². The van der Waals surface area contributed by atoms with E-state index in [4.69, 9.17) is 9.47 Å². The van der Waals surface area contributed by atoms with Gasteiger partial charge in [-0.05, 0) is 48.1 Å². The standard InChI is InChI=1S/C17H27NO3S/c1-20-9-4-2-3-7-17(19)18(12-15-8-11-22-14-15)13-16-6-5-10-21-16/h8,11,14,16H,2-7,9-10,12-13H2,1H3/t16-/m0/s1. The Bertz CT molecular complexity index is 416. The molecule has 22 heavy (non-hydrogen) atoms. The van der Waals surface area contributed by atoms with Gasteiger partial charge in [0.1, 0.15) is 0 Å². The van der Waals surface area contributed by atoms with E-state index in [1.807, 2.05) is 4.90 Å². The van der Waals surface area contributed by atoms with Crippen LogP contribution in [0.3, 0.4) is 0 Å². The molecule has 0 spiro atoms. The van der Waals surface area contributed by atoms with Gasteiger partial charge in [-0.15, -0.1) is 0 Å². The monoisotopic (exact) mass is 325 g/mol. The second-order valence-electron chi connectivity index (χ2n) is 5.84. The lowest BCUT2D eigenvalue weighted by Gasteiger charge is -2.25. The molecule has 0 unspecified atom stereocenters. The molecule has 1 fully saturated rings. The highest BCUT2D eigenvalue weighted by atomic mass is 32.1. The average molecular weight is 325 g/mol. The number of thiophene rings is 1. The van der Waals surface area contributed by atoms with Crippen molar-refractivity contribution >= 4 is 17.2 Å². The largest absolute Gasteiger partial charge is 0.385 e. The lowest BCUT2D eigenvalue weighted by atomic mass is 10.1. The van der Waals surface area contributed by atoms with Gasteiger partial charge in [0.2, 0.25) is 5.91 Å². The summed E-state index contributed by atoms with van der Waals surface area (Å²) in [5.74, 6) is 0.249. The highest BCUT2D eigenvalue weighted by Crippen LogP contribution is 2.17. The van der Waals surface area contributed by atoms with Crippen molar-refractivity contribution in [2.75, 3.05) is 26.9 Å². The Hall–Kier alpha value is -0.910. The van der Waals surface area contributed by atoms with Crippen LogP contribution in [0, 0.1) is 0 Å². The minimum absolute atomic E-state index is 0.219. The number of methoxy groups -OCH3 is 1. The predicted molar refractivity (Wildman–Crippen MR) is 89.1 cm³/mol. The minimum atomic E-state index is 0.219. The number of hydrogen-bond donors (Lipinski definition) is 0. The van der Waals surface area contributed by atoms with Gasteiger partial charge in [0, 0.05) is 39.8 Å². The maximum absolute atomic E-state index is 12.5. The zero-order valence-electron chi connectivity index (χ0n) is 13.5.